The second-order valence-corrected chi connectivity index (χ2v) is 7.49. The van der Waals surface area contributed by atoms with Gasteiger partial charge < -0.3 is 19.2 Å². The Morgan fingerprint density at radius 2 is 1.89 bits per heavy atom. The van der Waals surface area contributed by atoms with E-state index in [-0.39, 0.29) is 18.7 Å². The number of amides is 1. The Bertz CT molecular complexity index is 1560. The summed E-state index contributed by atoms with van der Waals surface area (Å²) in [5.74, 6) is 0.836. The Labute approximate surface area is 199 Å². The Morgan fingerprint density at radius 1 is 1.03 bits per heavy atom. The molecular weight excluding hydrogens is 450 g/mol. The zero-order chi connectivity index (χ0) is 24.2. The van der Waals surface area contributed by atoms with Crippen LogP contribution < -0.4 is 20.4 Å². The molecule has 0 aliphatic rings. The maximum Gasteiger partial charge on any atom is 0.349 e. The first-order valence-electron chi connectivity index (χ1n) is 11.0. The lowest BCUT2D eigenvalue weighted by atomic mass is 10.1. The van der Waals surface area contributed by atoms with Gasteiger partial charge in [0.1, 0.15) is 12.2 Å². The van der Waals surface area contributed by atoms with Crippen LogP contribution in [-0.2, 0) is 0 Å². The minimum Gasteiger partial charge on any atom is -0.490 e. The van der Waals surface area contributed by atoms with Crippen LogP contribution in [0.25, 0.3) is 28.0 Å². The molecule has 0 saturated carbocycles. The van der Waals surface area contributed by atoms with Gasteiger partial charge in [-0.05, 0) is 25.1 Å². The molecule has 0 aliphatic heterocycles. The van der Waals surface area contributed by atoms with E-state index in [9.17, 15) is 9.59 Å². The van der Waals surface area contributed by atoms with Crippen molar-refractivity contribution in [3.05, 3.63) is 82.7 Å². The van der Waals surface area contributed by atoms with Gasteiger partial charge in [0.15, 0.2) is 22.8 Å². The van der Waals surface area contributed by atoms with E-state index >= 15 is 0 Å². The van der Waals surface area contributed by atoms with Gasteiger partial charge in [-0.1, -0.05) is 42.5 Å². The number of para-hydroxylation sites is 1. The third kappa shape index (κ3) is 4.54. The van der Waals surface area contributed by atoms with Gasteiger partial charge >= 0.3 is 5.63 Å². The average molecular weight is 471 g/mol. The fraction of sp³-hybridized carbons (Fsp3) is 0.160. The van der Waals surface area contributed by atoms with Crippen LogP contribution >= 0.6 is 0 Å². The number of nitrogens with zero attached hydrogens (tertiary/aromatic N) is 4. The summed E-state index contributed by atoms with van der Waals surface area (Å²) < 4.78 is 18.1. The van der Waals surface area contributed by atoms with Crippen LogP contribution in [0.5, 0.6) is 11.6 Å². The number of hydrogen-bond acceptors (Lipinski definition) is 8. The van der Waals surface area contributed by atoms with Crippen molar-refractivity contribution in [1.29, 1.82) is 0 Å². The number of rotatable bonds is 8. The third-order valence-corrected chi connectivity index (χ3v) is 5.18. The molecule has 10 nitrogen and oxygen atoms in total. The molecule has 0 fully saturated rings. The first-order valence-corrected chi connectivity index (χ1v) is 11.0. The number of nitrogens with one attached hydrogen (secondary N) is 1. The highest BCUT2D eigenvalue weighted by atomic mass is 16.5. The number of hydrogen-bond donors (Lipinski definition) is 1. The molecule has 0 radical (unpaired) electrons. The quantitative estimate of drug-likeness (QED) is 0.271. The molecule has 176 valence electrons. The molecule has 10 heteroatoms. The zero-order valence-corrected chi connectivity index (χ0v) is 18.8. The van der Waals surface area contributed by atoms with Crippen molar-refractivity contribution in [2.45, 2.75) is 6.92 Å². The predicted octanol–water partition coefficient (Wildman–Crippen LogP) is 3.11. The lowest BCUT2D eigenvalue weighted by molar-refractivity contribution is 0.0943. The predicted molar refractivity (Wildman–Crippen MR) is 128 cm³/mol. The summed E-state index contributed by atoms with van der Waals surface area (Å²) in [7, 11) is 0. The molecule has 0 aliphatic carbocycles. The van der Waals surface area contributed by atoms with Crippen LogP contribution in [0.2, 0.25) is 0 Å². The lowest BCUT2D eigenvalue weighted by Gasteiger charge is -2.09. The van der Waals surface area contributed by atoms with E-state index in [4.69, 9.17) is 13.9 Å². The smallest absolute Gasteiger partial charge is 0.349 e. The second-order valence-electron chi connectivity index (χ2n) is 7.49. The molecule has 1 amide bonds. The van der Waals surface area contributed by atoms with Gasteiger partial charge in [-0.25, -0.2) is 4.79 Å². The molecular formula is C25H21N5O5. The van der Waals surface area contributed by atoms with E-state index in [1.54, 1.807) is 34.8 Å². The Kier molecular flexibility index (Phi) is 6.08. The molecule has 5 rings (SSSR count). The van der Waals surface area contributed by atoms with Crippen LogP contribution in [0.4, 0.5) is 0 Å². The van der Waals surface area contributed by atoms with Gasteiger partial charge in [0, 0.05) is 17.0 Å². The molecule has 35 heavy (non-hydrogen) atoms. The van der Waals surface area contributed by atoms with Crippen LogP contribution in [0, 0.1) is 0 Å². The lowest BCUT2D eigenvalue weighted by Crippen LogP contribution is -2.31. The van der Waals surface area contributed by atoms with Crippen molar-refractivity contribution in [3.8, 4) is 23.0 Å². The fourth-order valence-electron chi connectivity index (χ4n) is 3.58. The SMILES string of the molecule is CCOc1cccc2cc(C(=O)NCCOc3ccc4nnc(-c5ccccc5)n4n3)c(=O)oc12. The van der Waals surface area contributed by atoms with Gasteiger partial charge in [0.2, 0.25) is 5.88 Å². The molecule has 0 bridgehead atoms. The van der Waals surface area contributed by atoms with E-state index in [1.807, 2.05) is 37.3 Å². The molecule has 2 aromatic carbocycles. The van der Waals surface area contributed by atoms with Crippen LogP contribution in [0.3, 0.4) is 0 Å². The summed E-state index contributed by atoms with van der Waals surface area (Å²) in [5.41, 5.74) is 0.933. The number of aromatic nitrogens is 4. The first-order chi connectivity index (χ1) is 17.1. The van der Waals surface area contributed by atoms with Crippen molar-refractivity contribution < 1.29 is 18.7 Å². The molecule has 0 saturated heterocycles. The summed E-state index contributed by atoms with van der Waals surface area (Å²) in [6, 6.07) is 19.7. The van der Waals surface area contributed by atoms with Crippen molar-refractivity contribution in [2.75, 3.05) is 19.8 Å². The minimum atomic E-state index is -0.740. The van der Waals surface area contributed by atoms with E-state index in [0.29, 0.717) is 40.7 Å². The van der Waals surface area contributed by atoms with Crippen LogP contribution in [-0.4, -0.2) is 45.5 Å². The van der Waals surface area contributed by atoms with Gasteiger partial charge in [-0.2, -0.15) is 4.52 Å². The molecule has 3 aromatic heterocycles. The van der Waals surface area contributed by atoms with E-state index < -0.39 is 11.5 Å². The van der Waals surface area contributed by atoms with E-state index in [1.165, 1.54) is 6.07 Å². The fourth-order valence-corrected chi connectivity index (χ4v) is 3.58. The molecule has 0 unspecified atom stereocenters. The topological polar surface area (TPSA) is 121 Å². The van der Waals surface area contributed by atoms with Crippen LogP contribution in [0.15, 0.2) is 75.9 Å². The summed E-state index contributed by atoms with van der Waals surface area (Å²) in [6.45, 7) is 2.56. The van der Waals surface area contributed by atoms with Crippen molar-refractivity contribution in [3.63, 3.8) is 0 Å². The molecule has 3 heterocycles. The van der Waals surface area contributed by atoms with Gasteiger partial charge in [-0.3, -0.25) is 4.79 Å². The van der Waals surface area contributed by atoms with Crippen molar-refractivity contribution in [1.82, 2.24) is 25.1 Å². The highest BCUT2D eigenvalue weighted by Gasteiger charge is 2.16. The standard InChI is InChI=1S/C25H21N5O5/c1-2-33-19-10-6-9-17-15-18(25(32)35-22(17)19)24(31)26-13-14-34-21-12-11-20-27-28-23(30(20)29-21)16-7-4-3-5-8-16/h3-12,15H,2,13-14H2,1H3,(H,26,31). The molecule has 1 N–H and O–H groups in total. The minimum absolute atomic E-state index is 0.0947. The second kappa shape index (κ2) is 9.64. The number of carbonyl (C=O) groups excluding carboxylic acids is 1. The van der Waals surface area contributed by atoms with Gasteiger partial charge in [0.05, 0.1) is 13.2 Å². The first kappa shape index (κ1) is 22.1. The van der Waals surface area contributed by atoms with Crippen molar-refractivity contribution in [2.24, 2.45) is 0 Å². The summed E-state index contributed by atoms with van der Waals surface area (Å²) in [4.78, 5) is 25.0. The highest BCUT2D eigenvalue weighted by molar-refractivity contribution is 5.97. The van der Waals surface area contributed by atoms with E-state index in [0.717, 1.165) is 5.56 Å². The molecule has 5 aromatic rings. The Balaban J connectivity index is 1.24. The maximum absolute atomic E-state index is 12.6. The summed E-state index contributed by atoms with van der Waals surface area (Å²) in [5, 5.41) is 16.0. The highest BCUT2D eigenvalue weighted by Crippen LogP contribution is 2.25. The number of benzene rings is 2. The Morgan fingerprint density at radius 3 is 2.71 bits per heavy atom. The number of carbonyl (C=O) groups is 1. The molecule has 0 spiro atoms. The normalized spacial score (nSPS) is 11.0. The number of fused-ring (bicyclic) bond motifs is 2. The zero-order valence-electron chi connectivity index (χ0n) is 18.8. The largest absolute Gasteiger partial charge is 0.490 e. The monoisotopic (exact) mass is 471 g/mol. The van der Waals surface area contributed by atoms with Crippen LogP contribution in [0.1, 0.15) is 17.3 Å². The Hall–Kier alpha value is -4.73. The number of ether oxygens (including phenoxy) is 2. The van der Waals surface area contributed by atoms with Gasteiger partial charge in [0.25, 0.3) is 5.91 Å². The van der Waals surface area contributed by atoms with Crippen molar-refractivity contribution >= 4 is 22.5 Å². The van der Waals surface area contributed by atoms with E-state index in [2.05, 4.69) is 20.6 Å². The summed E-state index contributed by atoms with van der Waals surface area (Å²) >= 11 is 0. The van der Waals surface area contributed by atoms with Gasteiger partial charge in [-0.15, -0.1) is 15.3 Å². The molecule has 0 atom stereocenters. The summed E-state index contributed by atoms with van der Waals surface area (Å²) in [6.07, 6.45) is 0. The average Bonchev–Trinajstić information content (AvgIpc) is 3.30. The third-order valence-electron chi connectivity index (χ3n) is 5.18. The maximum atomic E-state index is 12.6.